The van der Waals surface area contributed by atoms with Crippen LogP contribution in [-0.2, 0) is 0 Å². The molecule has 0 aliphatic heterocycles. The minimum absolute atomic E-state index is 0.0786. The van der Waals surface area contributed by atoms with Gasteiger partial charge in [-0.15, -0.1) is 0 Å². The van der Waals surface area contributed by atoms with Crippen molar-refractivity contribution in [1.82, 2.24) is 5.32 Å². The summed E-state index contributed by atoms with van der Waals surface area (Å²) < 4.78 is 0. The Balaban J connectivity index is 2.76. The van der Waals surface area contributed by atoms with Crippen molar-refractivity contribution in [2.24, 2.45) is 0 Å². The SMILES string of the molecule is C=C(NC\C(C)=C(C)/C(C)=C\C=C/C)c1ccc(O)c(Cl)c1. The van der Waals surface area contributed by atoms with Gasteiger partial charge in [0, 0.05) is 12.2 Å². The molecule has 22 heavy (non-hydrogen) atoms. The van der Waals surface area contributed by atoms with Crippen molar-refractivity contribution in [3.63, 3.8) is 0 Å². The third-order valence-corrected chi connectivity index (χ3v) is 3.94. The van der Waals surface area contributed by atoms with Crippen LogP contribution in [-0.4, -0.2) is 11.7 Å². The van der Waals surface area contributed by atoms with Crippen molar-refractivity contribution in [2.75, 3.05) is 6.54 Å². The van der Waals surface area contributed by atoms with Crippen molar-refractivity contribution in [2.45, 2.75) is 27.7 Å². The summed E-state index contributed by atoms with van der Waals surface area (Å²) in [6, 6.07) is 5.07. The van der Waals surface area contributed by atoms with Gasteiger partial charge in [0.05, 0.1) is 5.02 Å². The van der Waals surface area contributed by atoms with Gasteiger partial charge in [0.15, 0.2) is 0 Å². The Bertz CT molecular complexity index is 639. The van der Waals surface area contributed by atoms with Crippen molar-refractivity contribution in [3.8, 4) is 5.75 Å². The number of hydrogen-bond acceptors (Lipinski definition) is 2. The van der Waals surface area contributed by atoms with Gasteiger partial charge in [-0.25, -0.2) is 0 Å². The van der Waals surface area contributed by atoms with Gasteiger partial charge < -0.3 is 10.4 Å². The number of aromatic hydroxyl groups is 1. The second-order valence-electron chi connectivity index (χ2n) is 5.28. The van der Waals surface area contributed by atoms with Gasteiger partial charge in [-0.05, 0) is 62.6 Å². The molecule has 3 heteroatoms. The maximum Gasteiger partial charge on any atom is 0.134 e. The van der Waals surface area contributed by atoms with Gasteiger partial charge in [0.2, 0.25) is 0 Å². The van der Waals surface area contributed by atoms with Gasteiger partial charge in [0.1, 0.15) is 5.75 Å². The summed E-state index contributed by atoms with van der Waals surface area (Å²) in [7, 11) is 0. The summed E-state index contributed by atoms with van der Waals surface area (Å²) in [5.74, 6) is 0.0786. The number of halogens is 1. The average Bonchev–Trinajstić information content (AvgIpc) is 2.51. The smallest absolute Gasteiger partial charge is 0.134 e. The van der Waals surface area contributed by atoms with Crippen LogP contribution >= 0.6 is 11.6 Å². The lowest BCUT2D eigenvalue weighted by Gasteiger charge is -2.13. The van der Waals surface area contributed by atoms with Crippen LogP contribution in [0.4, 0.5) is 0 Å². The number of nitrogens with one attached hydrogen (secondary N) is 1. The monoisotopic (exact) mass is 317 g/mol. The Morgan fingerprint density at radius 1 is 1.32 bits per heavy atom. The van der Waals surface area contributed by atoms with Crippen molar-refractivity contribution < 1.29 is 5.11 Å². The lowest BCUT2D eigenvalue weighted by molar-refractivity contribution is 0.475. The Kier molecular flexibility index (Phi) is 7.00. The van der Waals surface area contributed by atoms with E-state index in [4.69, 9.17) is 11.6 Å². The first-order valence-electron chi connectivity index (χ1n) is 7.24. The van der Waals surface area contributed by atoms with Gasteiger partial charge in [-0.3, -0.25) is 0 Å². The van der Waals surface area contributed by atoms with E-state index in [0.29, 0.717) is 11.6 Å². The zero-order valence-electron chi connectivity index (χ0n) is 13.7. The number of rotatable bonds is 6. The van der Waals surface area contributed by atoms with E-state index in [-0.39, 0.29) is 5.75 Å². The van der Waals surface area contributed by atoms with E-state index in [2.05, 4.69) is 38.7 Å². The van der Waals surface area contributed by atoms with Gasteiger partial charge in [-0.2, -0.15) is 0 Å². The van der Waals surface area contributed by atoms with E-state index in [1.165, 1.54) is 16.7 Å². The number of hydrogen-bond donors (Lipinski definition) is 2. The zero-order valence-corrected chi connectivity index (χ0v) is 14.5. The van der Waals surface area contributed by atoms with Crippen molar-refractivity contribution >= 4 is 17.3 Å². The molecule has 0 radical (unpaired) electrons. The predicted molar refractivity (Wildman–Crippen MR) is 97.1 cm³/mol. The molecule has 2 N–H and O–H groups in total. The maximum atomic E-state index is 9.45. The molecule has 1 aromatic carbocycles. The first-order valence-corrected chi connectivity index (χ1v) is 7.62. The highest BCUT2D eigenvalue weighted by atomic mass is 35.5. The molecule has 0 aliphatic carbocycles. The maximum absolute atomic E-state index is 9.45. The summed E-state index contributed by atoms with van der Waals surface area (Å²) in [6.45, 7) is 13.1. The molecule has 0 saturated carbocycles. The fourth-order valence-electron chi connectivity index (χ4n) is 1.87. The molecular weight excluding hydrogens is 294 g/mol. The normalized spacial score (nSPS) is 13.2. The van der Waals surface area contributed by atoms with Crippen LogP contribution in [0.1, 0.15) is 33.3 Å². The van der Waals surface area contributed by atoms with Gasteiger partial charge in [-0.1, -0.05) is 42.0 Å². The van der Waals surface area contributed by atoms with Crippen LogP contribution in [0.5, 0.6) is 5.75 Å². The fourth-order valence-corrected chi connectivity index (χ4v) is 2.05. The van der Waals surface area contributed by atoms with Crippen LogP contribution in [0.2, 0.25) is 5.02 Å². The Labute approximate surface area is 138 Å². The molecule has 0 unspecified atom stereocenters. The molecule has 0 fully saturated rings. The molecule has 2 nitrogen and oxygen atoms in total. The molecule has 0 bridgehead atoms. The molecule has 0 saturated heterocycles. The number of benzene rings is 1. The van der Waals surface area contributed by atoms with E-state index in [9.17, 15) is 5.11 Å². The number of phenols is 1. The molecule has 0 aliphatic rings. The van der Waals surface area contributed by atoms with E-state index < -0.39 is 0 Å². The predicted octanol–water partition coefficient (Wildman–Crippen LogP) is 5.46. The lowest BCUT2D eigenvalue weighted by Crippen LogP contribution is -2.15. The van der Waals surface area contributed by atoms with Crippen LogP contribution in [0.3, 0.4) is 0 Å². The molecule has 0 spiro atoms. The van der Waals surface area contributed by atoms with E-state index in [0.717, 1.165) is 11.3 Å². The highest BCUT2D eigenvalue weighted by Crippen LogP contribution is 2.26. The van der Waals surface area contributed by atoms with Crippen LogP contribution in [0.15, 0.2) is 59.7 Å². The van der Waals surface area contributed by atoms with E-state index in [1.54, 1.807) is 18.2 Å². The molecule has 0 atom stereocenters. The molecule has 1 rings (SSSR count). The standard InChI is InChI=1S/C19H24ClNO/c1-6-7-8-13(2)15(4)14(3)12-21-16(5)17-9-10-19(22)18(20)11-17/h6-11,21-22H,5,12H2,1-4H3/b7-6-,13-8-,15-14-. The highest BCUT2D eigenvalue weighted by Gasteiger charge is 2.04. The fraction of sp³-hybridized carbons (Fsp3) is 0.263. The van der Waals surface area contributed by atoms with Crippen molar-refractivity contribution in [1.29, 1.82) is 0 Å². The molecule has 0 aromatic heterocycles. The second-order valence-corrected chi connectivity index (χ2v) is 5.69. The molecule has 0 amide bonds. The quantitative estimate of drug-likeness (QED) is 0.682. The molecular formula is C19H24ClNO. The van der Waals surface area contributed by atoms with Gasteiger partial charge in [0.25, 0.3) is 0 Å². The molecule has 0 heterocycles. The van der Waals surface area contributed by atoms with E-state index in [1.807, 2.05) is 19.1 Å². The third kappa shape index (κ3) is 5.12. The van der Waals surface area contributed by atoms with Crippen LogP contribution in [0, 0.1) is 0 Å². The van der Waals surface area contributed by atoms with Crippen LogP contribution in [0.25, 0.3) is 5.70 Å². The topological polar surface area (TPSA) is 32.3 Å². The molecule has 1 aromatic rings. The first kappa shape index (κ1) is 18.1. The summed E-state index contributed by atoms with van der Waals surface area (Å²) in [5, 5.41) is 13.1. The minimum atomic E-state index is 0.0786. The lowest BCUT2D eigenvalue weighted by atomic mass is 10.0. The largest absolute Gasteiger partial charge is 0.506 e. The zero-order chi connectivity index (χ0) is 16.7. The average molecular weight is 318 g/mol. The highest BCUT2D eigenvalue weighted by molar-refractivity contribution is 6.32. The van der Waals surface area contributed by atoms with Crippen molar-refractivity contribution in [3.05, 3.63) is 70.3 Å². The Morgan fingerprint density at radius 2 is 2.00 bits per heavy atom. The summed E-state index contributed by atoms with van der Waals surface area (Å²) >= 11 is 5.92. The minimum Gasteiger partial charge on any atom is -0.506 e. The third-order valence-electron chi connectivity index (χ3n) is 3.63. The Hall–Kier alpha value is -1.93. The number of phenolic OH excluding ortho intramolecular Hbond substituents is 1. The second kappa shape index (κ2) is 8.50. The summed E-state index contributed by atoms with van der Waals surface area (Å²) in [4.78, 5) is 0. The first-order chi connectivity index (χ1) is 10.4. The number of allylic oxidation sites excluding steroid dienone is 5. The van der Waals surface area contributed by atoms with E-state index >= 15 is 0 Å². The summed E-state index contributed by atoms with van der Waals surface area (Å²) in [5.41, 5.74) is 5.42. The Morgan fingerprint density at radius 3 is 2.59 bits per heavy atom. The van der Waals surface area contributed by atoms with Crippen LogP contribution < -0.4 is 5.32 Å². The van der Waals surface area contributed by atoms with Gasteiger partial charge >= 0.3 is 0 Å². The summed E-state index contributed by atoms with van der Waals surface area (Å²) in [6.07, 6.45) is 6.16. The molecule has 118 valence electrons.